The summed E-state index contributed by atoms with van der Waals surface area (Å²) in [6.07, 6.45) is 47.1. The molecule has 0 bridgehead atoms. The lowest BCUT2D eigenvalue weighted by molar-refractivity contribution is -0.119. The van der Waals surface area contributed by atoms with E-state index >= 15 is 0 Å². The lowest BCUT2D eigenvalue weighted by Crippen LogP contribution is -1.97. The summed E-state index contributed by atoms with van der Waals surface area (Å²) in [7, 11) is 0. The third-order valence-corrected chi connectivity index (χ3v) is 7.95. The monoisotopic (exact) mass is 577 g/mol. The summed E-state index contributed by atoms with van der Waals surface area (Å²) in [6.45, 7) is 7.13. The first-order valence-electron chi connectivity index (χ1n) is 18.6. The van der Waals surface area contributed by atoms with Gasteiger partial charge in [-0.15, -0.1) is 0 Å². The van der Waals surface area contributed by atoms with Gasteiger partial charge in [0.15, 0.2) is 0 Å². The molecule has 2 heteroatoms. The average Bonchev–Trinajstić information content (AvgIpc) is 2.98. The van der Waals surface area contributed by atoms with Gasteiger partial charge in [0.1, 0.15) is 5.78 Å². The second kappa shape index (κ2) is 41.2. The van der Waals surface area contributed by atoms with E-state index in [1.807, 2.05) is 0 Å². The number of hydrogen-bond donors (Lipinski definition) is 1. The molecule has 0 heterocycles. The molecule has 244 valence electrons. The van der Waals surface area contributed by atoms with Gasteiger partial charge in [0.05, 0.1) is 0 Å². The highest BCUT2D eigenvalue weighted by Crippen LogP contribution is 2.12. The van der Waals surface area contributed by atoms with Gasteiger partial charge in [0, 0.05) is 19.4 Å². The SMILES string of the molecule is CCCCCC=CCCCC(=O)CCCCCCCCCC.CCCCCCCCC=CCCCCCCCCO. The molecule has 0 aromatic heterocycles. The number of Topliss-reactive ketones (excluding diaryl/α,β-unsaturated/α-hetero) is 1. The van der Waals surface area contributed by atoms with Crippen molar-refractivity contribution in [3.8, 4) is 0 Å². The Morgan fingerprint density at radius 1 is 0.390 bits per heavy atom. The molecule has 0 atom stereocenters. The lowest BCUT2D eigenvalue weighted by atomic mass is 10.0. The number of hydrogen-bond acceptors (Lipinski definition) is 2. The van der Waals surface area contributed by atoms with Crippen molar-refractivity contribution in [1.29, 1.82) is 0 Å². The zero-order valence-corrected chi connectivity index (χ0v) is 28.6. The van der Waals surface area contributed by atoms with E-state index in [9.17, 15) is 4.79 Å². The van der Waals surface area contributed by atoms with E-state index in [0.29, 0.717) is 12.4 Å². The summed E-state index contributed by atoms with van der Waals surface area (Å²) in [6, 6.07) is 0. The Labute approximate surface area is 259 Å². The van der Waals surface area contributed by atoms with Crippen LogP contribution in [-0.2, 0) is 4.79 Å². The van der Waals surface area contributed by atoms with Crippen LogP contribution in [0.2, 0.25) is 0 Å². The Kier molecular flexibility index (Phi) is 42.5. The second-order valence-electron chi connectivity index (χ2n) is 12.3. The number of allylic oxidation sites excluding steroid dienone is 4. The van der Waals surface area contributed by atoms with Crippen LogP contribution in [0.25, 0.3) is 0 Å². The molecule has 0 aliphatic heterocycles. The van der Waals surface area contributed by atoms with Crippen molar-refractivity contribution < 1.29 is 9.90 Å². The van der Waals surface area contributed by atoms with Crippen molar-refractivity contribution in [1.82, 2.24) is 0 Å². The van der Waals surface area contributed by atoms with Gasteiger partial charge in [-0.25, -0.2) is 0 Å². The Hall–Kier alpha value is -0.890. The van der Waals surface area contributed by atoms with Gasteiger partial charge in [0.25, 0.3) is 0 Å². The molecule has 0 radical (unpaired) electrons. The highest BCUT2D eigenvalue weighted by molar-refractivity contribution is 5.78. The number of carbonyl (C=O) groups is 1. The van der Waals surface area contributed by atoms with Crippen LogP contribution in [-0.4, -0.2) is 17.5 Å². The third kappa shape index (κ3) is 43.7. The number of ketones is 1. The summed E-state index contributed by atoms with van der Waals surface area (Å²) >= 11 is 0. The number of carbonyl (C=O) groups excluding carboxylic acids is 1. The van der Waals surface area contributed by atoms with Crippen molar-refractivity contribution in [3.05, 3.63) is 24.3 Å². The molecule has 2 nitrogen and oxygen atoms in total. The summed E-state index contributed by atoms with van der Waals surface area (Å²) in [4.78, 5) is 11.8. The van der Waals surface area contributed by atoms with Crippen molar-refractivity contribution in [2.45, 2.75) is 213 Å². The smallest absolute Gasteiger partial charge is 0.132 e. The topological polar surface area (TPSA) is 37.3 Å². The van der Waals surface area contributed by atoms with Crippen molar-refractivity contribution >= 4 is 5.78 Å². The molecule has 0 aromatic carbocycles. The van der Waals surface area contributed by atoms with Crippen LogP contribution in [0.15, 0.2) is 24.3 Å². The molecule has 0 rings (SSSR count). The van der Waals surface area contributed by atoms with Crippen LogP contribution in [0.3, 0.4) is 0 Å². The zero-order valence-electron chi connectivity index (χ0n) is 28.6. The first kappa shape index (κ1) is 42.2. The van der Waals surface area contributed by atoms with E-state index in [1.165, 1.54) is 154 Å². The zero-order chi connectivity index (χ0) is 30.3. The average molecular weight is 577 g/mol. The molecule has 0 amide bonds. The molecule has 0 saturated carbocycles. The Bertz CT molecular complexity index is 522. The first-order chi connectivity index (χ1) is 20.2. The van der Waals surface area contributed by atoms with Gasteiger partial charge >= 0.3 is 0 Å². The van der Waals surface area contributed by atoms with Crippen LogP contribution in [0.5, 0.6) is 0 Å². The highest BCUT2D eigenvalue weighted by Gasteiger charge is 2.01. The Balaban J connectivity index is 0. The van der Waals surface area contributed by atoms with Gasteiger partial charge in [0.2, 0.25) is 0 Å². The van der Waals surface area contributed by atoms with E-state index in [-0.39, 0.29) is 0 Å². The van der Waals surface area contributed by atoms with Crippen molar-refractivity contribution in [3.63, 3.8) is 0 Å². The fourth-order valence-electron chi connectivity index (χ4n) is 5.11. The molecule has 41 heavy (non-hydrogen) atoms. The fourth-order valence-corrected chi connectivity index (χ4v) is 5.11. The van der Waals surface area contributed by atoms with E-state index in [4.69, 9.17) is 5.11 Å². The quantitative estimate of drug-likeness (QED) is 0.0638. The molecular formula is C39H76O2. The van der Waals surface area contributed by atoms with Gasteiger partial charge in [-0.05, 0) is 64.2 Å². The predicted octanol–water partition coefficient (Wildman–Crippen LogP) is 13.4. The number of rotatable bonds is 32. The maximum Gasteiger partial charge on any atom is 0.132 e. The Morgan fingerprint density at radius 2 is 0.683 bits per heavy atom. The maximum absolute atomic E-state index is 11.8. The van der Waals surface area contributed by atoms with Crippen molar-refractivity contribution in [2.75, 3.05) is 6.61 Å². The molecule has 0 saturated heterocycles. The van der Waals surface area contributed by atoms with Crippen LogP contribution in [0, 0.1) is 0 Å². The lowest BCUT2D eigenvalue weighted by Gasteiger charge is -2.02. The second-order valence-corrected chi connectivity index (χ2v) is 12.3. The van der Waals surface area contributed by atoms with Crippen LogP contribution in [0.4, 0.5) is 0 Å². The molecule has 0 unspecified atom stereocenters. The minimum Gasteiger partial charge on any atom is -0.396 e. The predicted molar refractivity (Wildman–Crippen MR) is 186 cm³/mol. The summed E-state index contributed by atoms with van der Waals surface area (Å²) < 4.78 is 0. The van der Waals surface area contributed by atoms with Crippen LogP contribution >= 0.6 is 0 Å². The van der Waals surface area contributed by atoms with E-state index < -0.39 is 0 Å². The van der Waals surface area contributed by atoms with Crippen molar-refractivity contribution in [2.24, 2.45) is 0 Å². The summed E-state index contributed by atoms with van der Waals surface area (Å²) in [5.41, 5.74) is 0. The molecular weight excluding hydrogens is 500 g/mol. The van der Waals surface area contributed by atoms with Gasteiger partial charge in [-0.2, -0.15) is 0 Å². The third-order valence-electron chi connectivity index (χ3n) is 7.95. The molecule has 0 spiro atoms. The fraction of sp³-hybridized carbons (Fsp3) is 0.872. The van der Waals surface area contributed by atoms with E-state index in [1.54, 1.807) is 0 Å². The standard InChI is InChI=1S/C21H40O.C18H36O/c1-3-5-7-9-11-13-15-17-19-21(22)20-18-16-14-12-10-8-6-4-2;1-2-3-4-5-6-7-8-9-10-11-12-13-14-15-16-17-18-19/h11,13H,3-10,12,14-20H2,1-2H3;9-10,19H,2-8,11-18H2,1H3. The number of unbranched alkanes of at least 4 members (excludes halogenated alkanes) is 23. The van der Waals surface area contributed by atoms with Gasteiger partial charge in [-0.3, -0.25) is 4.79 Å². The molecule has 0 fully saturated rings. The minimum atomic E-state index is 0.362. The molecule has 0 aliphatic carbocycles. The number of aliphatic hydroxyl groups is 1. The maximum atomic E-state index is 11.8. The van der Waals surface area contributed by atoms with E-state index in [0.717, 1.165) is 38.5 Å². The summed E-state index contributed by atoms with van der Waals surface area (Å²) in [5, 5.41) is 8.66. The van der Waals surface area contributed by atoms with Crippen LogP contribution < -0.4 is 0 Å². The Morgan fingerprint density at radius 3 is 1.12 bits per heavy atom. The van der Waals surface area contributed by atoms with Crippen LogP contribution in [0.1, 0.15) is 213 Å². The molecule has 1 N–H and O–H groups in total. The molecule has 0 aliphatic rings. The van der Waals surface area contributed by atoms with Gasteiger partial charge < -0.3 is 5.11 Å². The molecule has 0 aromatic rings. The number of aliphatic hydroxyl groups excluding tert-OH is 1. The largest absolute Gasteiger partial charge is 0.396 e. The van der Waals surface area contributed by atoms with Gasteiger partial charge in [-0.1, -0.05) is 161 Å². The van der Waals surface area contributed by atoms with E-state index in [2.05, 4.69) is 45.1 Å². The first-order valence-corrected chi connectivity index (χ1v) is 18.6. The minimum absolute atomic E-state index is 0.362. The normalized spacial score (nSPS) is 11.4. The highest BCUT2D eigenvalue weighted by atomic mass is 16.2. The summed E-state index contributed by atoms with van der Waals surface area (Å²) in [5.74, 6) is 0.477.